The quantitative estimate of drug-likeness (QED) is 0.724. The number of aromatic amines is 1. The normalized spacial score (nSPS) is 17.1. The summed E-state index contributed by atoms with van der Waals surface area (Å²) in [5, 5.41) is 17.5. The lowest BCUT2D eigenvalue weighted by atomic mass is 9.93. The number of H-pyrrole nitrogens is 1. The number of nitrogens with zero attached hydrogens (tertiary/aromatic N) is 1. The number of carbonyl (C=O) groups excluding carboxylic acids is 1. The summed E-state index contributed by atoms with van der Waals surface area (Å²) in [6.07, 6.45) is 2.99. The molecule has 0 bridgehead atoms. The Kier molecular flexibility index (Phi) is 3.64. The number of rotatable bonds is 4. The number of carbonyl (C=O) groups is 2. The number of amides is 1. The van der Waals surface area contributed by atoms with Gasteiger partial charge in [-0.15, -0.1) is 0 Å². The van der Waals surface area contributed by atoms with Crippen LogP contribution >= 0.6 is 0 Å². The molecule has 19 heavy (non-hydrogen) atoms. The molecule has 1 saturated carbocycles. The maximum atomic E-state index is 12.0. The molecule has 0 spiro atoms. The Morgan fingerprint density at radius 2 is 2.05 bits per heavy atom. The second kappa shape index (κ2) is 5.21. The predicted octanol–water partition coefficient (Wildman–Crippen LogP) is 0.287. The third-order valence-electron chi connectivity index (χ3n) is 3.34. The average molecular weight is 265 g/mol. The van der Waals surface area contributed by atoms with Crippen molar-refractivity contribution in [2.75, 3.05) is 0 Å². The number of nitrogens with one attached hydrogen (secondary N) is 2. The molecular formula is C12H15N3O4. The molecule has 3 N–H and O–H groups in total. The Morgan fingerprint density at radius 1 is 1.37 bits per heavy atom. The molecule has 0 radical (unpaired) electrons. The van der Waals surface area contributed by atoms with Crippen molar-refractivity contribution in [1.82, 2.24) is 15.5 Å². The summed E-state index contributed by atoms with van der Waals surface area (Å²) in [7, 11) is 0. The minimum Gasteiger partial charge on any atom is -0.481 e. The summed E-state index contributed by atoms with van der Waals surface area (Å²) in [6.45, 7) is 0. The van der Waals surface area contributed by atoms with Crippen molar-refractivity contribution in [3.8, 4) is 0 Å². The van der Waals surface area contributed by atoms with Crippen molar-refractivity contribution in [2.45, 2.75) is 37.6 Å². The van der Waals surface area contributed by atoms with Crippen LogP contribution in [-0.2, 0) is 4.79 Å². The van der Waals surface area contributed by atoms with E-state index in [1.54, 1.807) is 0 Å². The number of aromatic nitrogens is 2. The summed E-state index contributed by atoms with van der Waals surface area (Å²) < 4.78 is 0. The highest BCUT2D eigenvalue weighted by Gasteiger charge is 2.37. The second-order valence-electron chi connectivity index (χ2n) is 4.82. The van der Waals surface area contributed by atoms with E-state index in [4.69, 9.17) is 5.11 Å². The minimum absolute atomic E-state index is 0.0799. The van der Waals surface area contributed by atoms with E-state index in [-0.39, 0.29) is 12.1 Å². The first kappa shape index (κ1) is 13.3. The van der Waals surface area contributed by atoms with E-state index in [0.717, 1.165) is 12.8 Å². The van der Waals surface area contributed by atoms with Gasteiger partial charge in [0.2, 0.25) is 0 Å². The lowest BCUT2D eigenvalue weighted by Gasteiger charge is -2.28. The molecule has 1 aromatic heterocycles. The van der Waals surface area contributed by atoms with Crippen LogP contribution < -0.4 is 10.9 Å². The standard InChI is InChI=1S/C12H15N3O4/c16-9-4-3-8(14-15-9)11(19)13-12(7-10(17)18)5-1-2-6-12/h3-4H,1-2,5-7H2,(H,13,19)(H,15,16)(H,17,18). The molecule has 1 fully saturated rings. The molecule has 1 aromatic rings. The lowest BCUT2D eigenvalue weighted by molar-refractivity contribution is -0.138. The lowest BCUT2D eigenvalue weighted by Crippen LogP contribution is -2.48. The molecule has 0 saturated heterocycles. The third-order valence-corrected chi connectivity index (χ3v) is 3.34. The van der Waals surface area contributed by atoms with E-state index in [1.807, 2.05) is 0 Å². The summed E-state index contributed by atoms with van der Waals surface area (Å²) in [4.78, 5) is 33.8. The van der Waals surface area contributed by atoms with Gasteiger partial charge in [0.05, 0.1) is 12.0 Å². The van der Waals surface area contributed by atoms with Gasteiger partial charge in [0.1, 0.15) is 5.69 Å². The molecule has 0 atom stereocenters. The van der Waals surface area contributed by atoms with Crippen LogP contribution in [0, 0.1) is 0 Å². The summed E-state index contributed by atoms with van der Waals surface area (Å²) in [6, 6.07) is 2.53. The van der Waals surface area contributed by atoms with Crippen molar-refractivity contribution in [3.05, 3.63) is 28.2 Å². The molecule has 1 heterocycles. The van der Waals surface area contributed by atoms with Crippen LogP contribution in [0.2, 0.25) is 0 Å². The first-order valence-electron chi connectivity index (χ1n) is 6.11. The van der Waals surface area contributed by atoms with Crippen molar-refractivity contribution in [1.29, 1.82) is 0 Å². The van der Waals surface area contributed by atoms with Crippen molar-refractivity contribution >= 4 is 11.9 Å². The first-order chi connectivity index (χ1) is 9.01. The van der Waals surface area contributed by atoms with Gasteiger partial charge in [0.25, 0.3) is 11.5 Å². The molecule has 102 valence electrons. The van der Waals surface area contributed by atoms with E-state index in [2.05, 4.69) is 15.5 Å². The maximum Gasteiger partial charge on any atom is 0.305 e. The molecule has 1 aliphatic carbocycles. The van der Waals surface area contributed by atoms with Crippen LogP contribution in [0.5, 0.6) is 0 Å². The topological polar surface area (TPSA) is 112 Å². The number of carboxylic acids is 1. The highest BCUT2D eigenvalue weighted by molar-refractivity contribution is 5.93. The van der Waals surface area contributed by atoms with Crippen LogP contribution in [0.25, 0.3) is 0 Å². The fourth-order valence-electron chi connectivity index (χ4n) is 2.46. The number of hydrogen-bond acceptors (Lipinski definition) is 4. The molecule has 1 amide bonds. The maximum absolute atomic E-state index is 12.0. The van der Waals surface area contributed by atoms with Crippen LogP contribution in [0.15, 0.2) is 16.9 Å². The average Bonchev–Trinajstić information content (AvgIpc) is 2.77. The molecule has 1 aliphatic rings. The Morgan fingerprint density at radius 3 is 2.58 bits per heavy atom. The highest BCUT2D eigenvalue weighted by Crippen LogP contribution is 2.32. The van der Waals surface area contributed by atoms with Crippen LogP contribution in [0.1, 0.15) is 42.6 Å². The molecular weight excluding hydrogens is 250 g/mol. The monoisotopic (exact) mass is 265 g/mol. The molecule has 0 aromatic carbocycles. The predicted molar refractivity (Wildman–Crippen MR) is 65.8 cm³/mol. The zero-order valence-corrected chi connectivity index (χ0v) is 10.3. The van der Waals surface area contributed by atoms with E-state index in [9.17, 15) is 14.4 Å². The van der Waals surface area contributed by atoms with Crippen molar-refractivity contribution in [3.63, 3.8) is 0 Å². The summed E-state index contributed by atoms with van der Waals surface area (Å²) in [5.74, 6) is -1.39. The van der Waals surface area contributed by atoms with Gasteiger partial charge < -0.3 is 10.4 Å². The highest BCUT2D eigenvalue weighted by atomic mass is 16.4. The third kappa shape index (κ3) is 3.18. The van der Waals surface area contributed by atoms with Crippen LogP contribution in [0.4, 0.5) is 0 Å². The second-order valence-corrected chi connectivity index (χ2v) is 4.82. The molecule has 7 nitrogen and oxygen atoms in total. The van der Waals surface area contributed by atoms with Gasteiger partial charge in [-0.2, -0.15) is 5.10 Å². The Balaban J connectivity index is 2.13. The van der Waals surface area contributed by atoms with Gasteiger partial charge >= 0.3 is 5.97 Å². The van der Waals surface area contributed by atoms with E-state index in [0.29, 0.717) is 12.8 Å². The minimum atomic E-state index is -0.934. The SMILES string of the molecule is O=C(O)CC1(NC(=O)c2ccc(=O)[nH]n2)CCCC1. The fourth-order valence-corrected chi connectivity index (χ4v) is 2.46. The van der Waals surface area contributed by atoms with Crippen LogP contribution in [0.3, 0.4) is 0 Å². The first-order valence-corrected chi connectivity index (χ1v) is 6.11. The molecule has 0 unspecified atom stereocenters. The summed E-state index contributed by atoms with van der Waals surface area (Å²) in [5.41, 5.74) is -1.00. The Bertz CT molecular complexity index is 526. The van der Waals surface area contributed by atoms with E-state index in [1.165, 1.54) is 12.1 Å². The van der Waals surface area contributed by atoms with Gasteiger partial charge in [-0.3, -0.25) is 14.4 Å². The van der Waals surface area contributed by atoms with Gasteiger partial charge in [-0.25, -0.2) is 5.10 Å². The van der Waals surface area contributed by atoms with Gasteiger partial charge in [0.15, 0.2) is 0 Å². The van der Waals surface area contributed by atoms with Crippen LogP contribution in [-0.4, -0.2) is 32.7 Å². The summed E-state index contributed by atoms with van der Waals surface area (Å²) >= 11 is 0. The Hall–Kier alpha value is -2.18. The number of hydrogen-bond donors (Lipinski definition) is 3. The van der Waals surface area contributed by atoms with Gasteiger partial charge in [-0.05, 0) is 18.9 Å². The smallest absolute Gasteiger partial charge is 0.305 e. The van der Waals surface area contributed by atoms with Gasteiger partial charge in [-0.1, -0.05) is 12.8 Å². The molecule has 2 rings (SSSR count). The zero-order valence-electron chi connectivity index (χ0n) is 10.3. The molecule has 7 heteroatoms. The largest absolute Gasteiger partial charge is 0.481 e. The van der Waals surface area contributed by atoms with Gasteiger partial charge in [0, 0.05) is 6.07 Å². The zero-order chi connectivity index (χ0) is 13.9. The molecule has 0 aliphatic heterocycles. The number of aliphatic carboxylic acids is 1. The van der Waals surface area contributed by atoms with E-state index >= 15 is 0 Å². The van der Waals surface area contributed by atoms with Crippen molar-refractivity contribution < 1.29 is 14.7 Å². The van der Waals surface area contributed by atoms with E-state index < -0.39 is 23.0 Å². The fraction of sp³-hybridized carbons (Fsp3) is 0.500. The number of carboxylic acid groups (broad SMARTS) is 1. The van der Waals surface area contributed by atoms with Crippen molar-refractivity contribution in [2.24, 2.45) is 0 Å². The Labute approximate surface area is 109 Å².